The van der Waals surface area contributed by atoms with Gasteiger partial charge in [-0.1, -0.05) is 42.5 Å². The topological polar surface area (TPSA) is 127 Å². The summed E-state index contributed by atoms with van der Waals surface area (Å²) in [7, 11) is 0. The van der Waals surface area contributed by atoms with Crippen molar-refractivity contribution in [3.8, 4) is 0 Å². The SMILES string of the molecule is NC(=O)CN1CC(C2C(=O)C(=O)N(Cl)[C@@H]2C(N)=O)C(c2ccccc2)Sc2ccccc21. The highest BCUT2D eigenvalue weighted by atomic mass is 35.5. The van der Waals surface area contributed by atoms with Crippen molar-refractivity contribution >= 4 is 52.7 Å². The number of nitrogens with zero attached hydrogens (tertiary/aromatic N) is 2. The molecule has 32 heavy (non-hydrogen) atoms. The normalized spacial score (nSPS) is 25.4. The zero-order valence-corrected chi connectivity index (χ0v) is 18.5. The van der Waals surface area contributed by atoms with Crippen molar-refractivity contribution in [2.24, 2.45) is 23.3 Å². The van der Waals surface area contributed by atoms with E-state index < -0.39 is 41.4 Å². The van der Waals surface area contributed by atoms with Crippen molar-refractivity contribution in [3.05, 3.63) is 60.2 Å². The highest BCUT2D eigenvalue weighted by Crippen LogP contribution is 2.51. The minimum absolute atomic E-state index is 0.0870. The highest BCUT2D eigenvalue weighted by molar-refractivity contribution is 7.99. The number of fused-ring (bicyclic) bond motifs is 1. The third-order valence-corrected chi connectivity index (χ3v) is 7.64. The maximum absolute atomic E-state index is 13.0. The second kappa shape index (κ2) is 8.84. The number of ketones is 1. The summed E-state index contributed by atoms with van der Waals surface area (Å²) in [5.74, 6) is -4.75. The number of hydrogen-bond donors (Lipinski definition) is 2. The first-order valence-electron chi connectivity index (χ1n) is 9.96. The molecule has 166 valence electrons. The van der Waals surface area contributed by atoms with Gasteiger partial charge in [-0.15, -0.1) is 11.8 Å². The van der Waals surface area contributed by atoms with Gasteiger partial charge in [0, 0.05) is 34.4 Å². The lowest BCUT2D eigenvalue weighted by Crippen LogP contribution is -2.47. The number of hydrogen-bond acceptors (Lipinski definition) is 6. The Morgan fingerprint density at radius 3 is 2.34 bits per heavy atom. The maximum atomic E-state index is 13.0. The van der Waals surface area contributed by atoms with Crippen LogP contribution in [0.25, 0.3) is 0 Å². The van der Waals surface area contributed by atoms with E-state index in [0.29, 0.717) is 4.42 Å². The number of thioether (sulfide) groups is 1. The minimum Gasteiger partial charge on any atom is -0.368 e. The number of halogens is 1. The Bertz CT molecular complexity index is 1080. The number of nitrogens with two attached hydrogens (primary N) is 2. The van der Waals surface area contributed by atoms with Gasteiger partial charge in [0.05, 0.1) is 18.2 Å². The average molecular weight is 473 g/mol. The fourth-order valence-corrected chi connectivity index (χ4v) is 6.24. The number of carbonyl (C=O) groups excluding carboxylic acids is 4. The quantitative estimate of drug-likeness (QED) is 0.501. The summed E-state index contributed by atoms with van der Waals surface area (Å²) in [6.45, 7) is 0.112. The molecule has 2 heterocycles. The van der Waals surface area contributed by atoms with Gasteiger partial charge in [0.1, 0.15) is 6.04 Å². The van der Waals surface area contributed by atoms with Crippen LogP contribution >= 0.6 is 23.5 Å². The van der Waals surface area contributed by atoms with E-state index in [0.717, 1.165) is 16.1 Å². The van der Waals surface area contributed by atoms with Crippen LogP contribution in [0.1, 0.15) is 10.8 Å². The van der Waals surface area contributed by atoms with E-state index in [4.69, 9.17) is 23.2 Å². The summed E-state index contributed by atoms with van der Waals surface area (Å²) in [4.78, 5) is 52.2. The molecule has 2 aliphatic rings. The van der Waals surface area contributed by atoms with Crippen LogP contribution < -0.4 is 16.4 Å². The fraction of sp³-hybridized carbons (Fsp3) is 0.273. The first kappa shape index (κ1) is 22.2. The van der Waals surface area contributed by atoms with Crippen molar-refractivity contribution in [2.45, 2.75) is 16.2 Å². The predicted octanol–water partition coefficient (Wildman–Crippen LogP) is 1.48. The van der Waals surface area contributed by atoms with Crippen molar-refractivity contribution in [1.82, 2.24) is 4.42 Å². The van der Waals surface area contributed by atoms with Gasteiger partial charge < -0.3 is 16.4 Å². The lowest BCUT2D eigenvalue weighted by Gasteiger charge is -2.34. The van der Waals surface area contributed by atoms with Gasteiger partial charge in [0.2, 0.25) is 17.6 Å². The third kappa shape index (κ3) is 3.93. The molecule has 1 saturated heterocycles. The molecule has 4 rings (SSSR count). The molecule has 0 aromatic heterocycles. The average Bonchev–Trinajstić information content (AvgIpc) is 2.91. The first-order chi connectivity index (χ1) is 15.3. The molecule has 0 saturated carbocycles. The number of carbonyl (C=O) groups is 4. The summed E-state index contributed by atoms with van der Waals surface area (Å²) < 4.78 is 0.610. The van der Waals surface area contributed by atoms with Gasteiger partial charge in [-0.05, 0) is 17.7 Å². The lowest BCUT2D eigenvalue weighted by molar-refractivity contribution is -0.139. The Hall–Kier alpha value is -3.04. The molecule has 8 nitrogen and oxygen atoms in total. The van der Waals surface area contributed by atoms with Gasteiger partial charge in [-0.3, -0.25) is 19.2 Å². The molecule has 1 fully saturated rings. The molecule has 10 heteroatoms. The second-order valence-electron chi connectivity index (χ2n) is 7.78. The van der Waals surface area contributed by atoms with Crippen molar-refractivity contribution in [3.63, 3.8) is 0 Å². The zero-order valence-electron chi connectivity index (χ0n) is 16.9. The third-order valence-electron chi connectivity index (χ3n) is 5.80. The number of Topliss-reactive ketones (excluding diaryl/α,β-unsaturated/α-hetero) is 1. The second-order valence-corrected chi connectivity index (χ2v) is 9.33. The van der Waals surface area contributed by atoms with Crippen LogP contribution in [-0.2, 0) is 19.2 Å². The Kier molecular flexibility index (Phi) is 6.12. The van der Waals surface area contributed by atoms with Gasteiger partial charge in [-0.2, -0.15) is 0 Å². The summed E-state index contributed by atoms with van der Waals surface area (Å²) in [6, 6.07) is 15.7. The molecule has 0 aliphatic carbocycles. The monoisotopic (exact) mass is 472 g/mol. The van der Waals surface area contributed by atoms with E-state index in [1.54, 1.807) is 4.90 Å². The zero-order chi connectivity index (χ0) is 23.0. The molecular formula is C22H21ClN4O4S. The largest absolute Gasteiger partial charge is 0.368 e. The van der Waals surface area contributed by atoms with Crippen LogP contribution in [0.15, 0.2) is 59.5 Å². The Morgan fingerprint density at radius 2 is 1.69 bits per heavy atom. The molecule has 0 spiro atoms. The molecule has 2 aromatic carbocycles. The molecular weight excluding hydrogens is 452 g/mol. The molecule has 3 unspecified atom stereocenters. The van der Waals surface area contributed by atoms with Crippen LogP contribution in [0.4, 0.5) is 5.69 Å². The van der Waals surface area contributed by atoms with Gasteiger partial charge in [-0.25, -0.2) is 4.42 Å². The standard InChI is InChI=1S/C22H21ClN4O4S/c23-27-18(21(25)30)17(19(29)22(27)31)13-10-26(11-16(24)28)14-8-4-5-9-15(14)32-20(13)12-6-2-1-3-7-12/h1-9,13,17-18,20H,10-11H2,(H2,24,28)(H2,25,30)/t13?,17?,18-,20?/m0/s1. The van der Waals surface area contributed by atoms with Crippen LogP contribution in [0.2, 0.25) is 0 Å². The van der Waals surface area contributed by atoms with E-state index in [1.165, 1.54) is 11.8 Å². The number of amides is 3. The Balaban J connectivity index is 1.87. The summed E-state index contributed by atoms with van der Waals surface area (Å²) >= 11 is 7.55. The first-order valence-corrected chi connectivity index (χ1v) is 11.2. The molecule has 0 radical (unpaired) electrons. The molecule has 4 N–H and O–H groups in total. The smallest absolute Gasteiger partial charge is 0.305 e. The van der Waals surface area contributed by atoms with Crippen molar-refractivity contribution < 1.29 is 19.2 Å². The number of para-hydroxylation sites is 1. The van der Waals surface area contributed by atoms with Gasteiger partial charge in [0.15, 0.2) is 0 Å². The predicted molar refractivity (Wildman–Crippen MR) is 121 cm³/mol. The molecule has 0 bridgehead atoms. The van der Waals surface area contributed by atoms with Gasteiger partial charge in [0.25, 0.3) is 0 Å². The minimum atomic E-state index is -1.29. The molecule has 4 atom stereocenters. The van der Waals surface area contributed by atoms with Crippen LogP contribution in [0, 0.1) is 11.8 Å². The van der Waals surface area contributed by atoms with Crippen LogP contribution in [-0.4, -0.2) is 47.1 Å². The van der Waals surface area contributed by atoms with E-state index in [-0.39, 0.29) is 18.3 Å². The summed E-state index contributed by atoms with van der Waals surface area (Å²) in [5.41, 5.74) is 12.8. The molecule has 2 aromatic rings. The molecule has 3 amide bonds. The van der Waals surface area contributed by atoms with Crippen molar-refractivity contribution in [1.29, 1.82) is 0 Å². The Labute approximate surface area is 194 Å². The highest BCUT2D eigenvalue weighted by Gasteiger charge is 2.55. The maximum Gasteiger partial charge on any atom is 0.305 e. The van der Waals surface area contributed by atoms with Crippen LogP contribution in [0.3, 0.4) is 0 Å². The van der Waals surface area contributed by atoms with E-state index in [2.05, 4.69) is 0 Å². The number of anilines is 1. The van der Waals surface area contributed by atoms with Crippen LogP contribution in [0.5, 0.6) is 0 Å². The fourth-order valence-electron chi connectivity index (χ4n) is 4.46. The van der Waals surface area contributed by atoms with Gasteiger partial charge >= 0.3 is 5.91 Å². The Morgan fingerprint density at radius 1 is 1.03 bits per heavy atom. The van der Waals surface area contributed by atoms with E-state index in [9.17, 15) is 19.2 Å². The lowest BCUT2D eigenvalue weighted by atomic mass is 9.80. The summed E-state index contributed by atoms with van der Waals surface area (Å²) in [5, 5.41) is -0.318. The van der Waals surface area contributed by atoms with E-state index in [1.807, 2.05) is 54.6 Å². The number of rotatable bonds is 5. The van der Waals surface area contributed by atoms with Crippen molar-refractivity contribution in [2.75, 3.05) is 18.0 Å². The number of benzene rings is 2. The number of primary amides is 2. The summed E-state index contributed by atoms with van der Waals surface area (Å²) in [6.07, 6.45) is 0. The van der Waals surface area contributed by atoms with E-state index >= 15 is 0 Å². The molecule has 2 aliphatic heterocycles.